The second-order valence-electron chi connectivity index (χ2n) is 4.25. The molecular formula is C11H24N2. The Bertz CT molecular complexity index is 132. The minimum Gasteiger partial charge on any atom is -0.329 e. The van der Waals surface area contributed by atoms with Crippen LogP contribution in [0.3, 0.4) is 0 Å². The topological polar surface area (TPSA) is 29.3 Å². The van der Waals surface area contributed by atoms with Crippen LogP contribution in [0.4, 0.5) is 0 Å². The molecule has 1 aliphatic carbocycles. The molecule has 1 fully saturated rings. The van der Waals surface area contributed by atoms with E-state index in [4.69, 9.17) is 5.73 Å². The number of hydrogen-bond acceptors (Lipinski definition) is 2. The van der Waals surface area contributed by atoms with Gasteiger partial charge in [0.1, 0.15) is 0 Å². The average molecular weight is 184 g/mol. The molecule has 0 radical (unpaired) electrons. The van der Waals surface area contributed by atoms with E-state index in [2.05, 4.69) is 18.7 Å². The summed E-state index contributed by atoms with van der Waals surface area (Å²) in [5.41, 5.74) is 5.64. The van der Waals surface area contributed by atoms with Crippen LogP contribution in [0, 0.1) is 0 Å². The molecule has 78 valence electrons. The zero-order chi connectivity index (χ0) is 9.68. The minimum absolute atomic E-state index is 0.735. The zero-order valence-electron chi connectivity index (χ0n) is 9.13. The van der Waals surface area contributed by atoms with Gasteiger partial charge in [0.05, 0.1) is 0 Å². The van der Waals surface area contributed by atoms with E-state index >= 15 is 0 Å². The van der Waals surface area contributed by atoms with Crippen LogP contribution in [-0.2, 0) is 0 Å². The maximum Gasteiger partial charge on any atom is 0.0110 e. The highest BCUT2D eigenvalue weighted by Gasteiger charge is 2.27. The van der Waals surface area contributed by atoms with Crippen molar-refractivity contribution in [2.24, 2.45) is 5.73 Å². The van der Waals surface area contributed by atoms with Crippen LogP contribution in [0.2, 0.25) is 0 Å². The Morgan fingerprint density at radius 1 is 1.46 bits per heavy atom. The van der Waals surface area contributed by atoms with Crippen molar-refractivity contribution in [2.75, 3.05) is 13.1 Å². The third kappa shape index (κ3) is 2.96. The summed E-state index contributed by atoms with van der Waals surface area (Å²) in [5, 5.41) is 0. The Kier molecular flexibility index (Phi) is 4.74. The third-order valence-electron chi connectivity index (χ3n) is 3.20. The maximum absolute atomic E-state index is 5.64. The molecule has 0 spiro atoms. The molecule has 0 aliphatic heterocycles. The van der Waals surface area contributed by atoms with Crippen LogP contribution in [0.5, 0.6) is 0 Å². The van der Waals surface area contributed by atoms with E-state index in [1.807, 2.05) is 0 Å². The number of nitrogens with two attached hydrogens (primary N) is 1. The molecule has 1 aliphatic rings. The second-order valence-corrected chi connectivity index (χ2v) is 4.25. The largest absolute Gasteiger partial charge is 0.329 e. The highest BCUT2D eigenvalue weighted by atomic mass is 15.2. The molecule has 1 atom stereocenters. The minimum atomic E-state index is 0.735. The number of nitrogens with zero attached hydrogens (tertiary/aromatic N) is 1. The van der Waals surface area contributed by atoms with E-state index in [9.17, 15) is 0 Å². The average Bonchev–Trinajstić information content (AvgIpc) is 2.01. The second kappa shape index (κ2) is 5.61. The molecular weight excluding hydrogens is 160 g/mol. The molecule has 2 heteroatoms. The standard InChI is InChI=1S/C11H24N2/c1-3-5-10(2)13(9-8-12)11-6-4-7-11/h10-11H,3-9,12H2,1-2H3. The SMILES string of the molecule is CCCC(C)N(CCN)C1CCC1. The molecule has 0 aromatic heterocycles. The van der Waals surface area contributed by atoms with Crippen molar-refractivity contribution in [1.29, 1.82) is 0 Å². The van der Waals surface area contributed by atoms with Gasteiger partial charge in [-0.3, -0.25) is 4.90 Å². The molecule has 0 heterocycles. The maximum atomic E-state index is 5.64. The smallest absolute Gasteiger partial charge is 0.0110 e. The van der Waals surface area contributed by atoms with Gasteiger partial charge in [0.25, 0.3) is 0 Å². The summed E-state index contributed by atoms with van der Waals surface area (Å²) in [6, 6.07) is 1.59. The molecule has 1 rings (SSSR count). The fraction of sp³-hybridized carbons (Fsp3) is 1.00. The van der Waals surface area contributed by atoms with Crippen LogP contribution in [-0.4, -0.2) is 30.1 Å². The molecule has 2 nitrogen and oxygen atoms in total. The Morgan fingerprint density at radius 3 is 2.54 bits per heavy atom. The predicted molar refractivity (Wildman–Crippen MR) is 57.8 cm³/mol. The van der Waals surface area contributed by atoms with Crippen LogP contribution >= 0.6 is 0 Å². The van der Waals surface area contributed by atoms with Gasteiger partial charge < -0.3 is 5.73 Å². The first-order chi connectivity index (χ1) is 6.29. The lowest BCUT2D eigenvalue weighted by Gasteiger charge is -2.41. The third-order valence-corrected chi connectivity index (χ3v) is 3.20. The van der Waals surface area contributed by atoms with Gasteiger partial charge in [0.2, 0.25) is 0 Å². The van der Waals surface area contributed by atoms with Gasteiger partial charge in [-0.05, 0) is 26.2 Å². The molecule has 0 aromatic carbocycles. The summed E-state index contributed by atoms with van der Waals surface area (Å²) < 4.78 is 0. The quantitative estimate of drug-likeness (QED) is 0.684. The summed E-state index contributed by atoms with van der Waals surface area (Å²) in [6.07, 6.45) is 6.82. The van der Waals surface area contributed by atoms with Crippen molar-refractivity contribution in [3.8, 4) is 0 Å². The number of hydrogen-bond donors (Lipinski definition) is 1. The lowest BCUT2D eigenvalue weighted by Crippen LogP contribution is -2.47. The monoisotopic (exact) mass is 184 g/mol. The highest BCUT2D eigenvalue weighted by Crippen LogP contribution is 2.27. The molecule has 0 amide bonds. The van der Waals surface area contributed by atoms with Gasteiger partial charge >= 0.3 is 0 Å². The van der Waals surface area contributed by atoms with Crippen molar-refractivity contribution in [3.63, 3.8) is 0 Å². The lowest BCUT2D eigenvalue weighted by molar-refractivity contribution is 0.0857. The van der Waals surface area contributed by atoms with Gasteiger partial charge in [-0.1, -0.05) is 19.8 Å². The molecule has 0 aromatic rings. The Balaban J connectivity index is 2.35. The molecule has 0 saturated heterocycles. The first-order valence-electron chi connectivity index (χ1n) is 5.75. The first kappa shape index (κ1) is 11.0. The molecule has 1 saturated carbocycles. The van der Waals surface area contributed by atoms with E-state index < -0.39 is 0 Å². The highest BCUT2D eigenvalue weighted by molar-refractivity contribution is 4.83. The van der Waals surface area contributed by atoms with E-state index in [0.717, 1.165) is 25.2 Å². The molecule has 0 bridgehead atoms. The van der Waals surface area contributed by atoms with Gasteiger partial charge in [-0.15, -0.1) is 0 Å². The molecule has 2 N–H and O–H groups in total. The van der Waals surface area contributed by atoms with Gasteiger partial charge in [-0.2, -0.15) is 0 Å². The van der Waals surface area contributed by atoms with E-state index in [-0.39, 0.29) is 0 Å². The fourth-order valence-corrected chi connectivity index (χ4v) is 2.21. The van der Waals surface area contributed by atoms with Crippen molar-refractivity contribution in [3.05, 3.63) is 0 Å². The van der Waals surface area contributed by atoms with Crippen LogP contribution < -0.4 is 5.73 Å². The van der Waals surface area contributed by atoms with Gasteiger partial charge in [0, 0.05) is 25.2 Å². The van der Waals surface area contributed by atoms with Crippen molar-refractivity contribution in [1.82, 2.24) is 4.90 Å². The van der Waals surface area contributed by atoms with Crippen molar-refractivity contribution < 1.29 is 0 Å². The Hall–Kier alpha value is -0.0800. The van der Waals surface area contributed by atoms with E-state index in [1.54, 1.807) is 0 Å². The van der Waals surface area contributed by atoms with Gasteiger partial charge in [-0.25, -0.2) is 0 Å². The first-order valence-corrected chi connectivity index (χ1v) is 5.75. The summed E-state index contributed by atoms with van der Waals surface area (Å²) in [7, 11) is 0. The van der Waals surface area contributed by atoms with Crippen molar-refractivity contribution in [2.45, 2.75) is 58.0 Å². The van der Waals surface area contributed by atoms with Crippen molar-refractivity contribution >= 4 is 0 Å². The Morgan fingerprint density at radius 2 is 2.15 bits per heavy atom. The molecule has 13 heavy (non-hydrogen) atoms. The number of rotatable bonds is 6. The zero-order valence-corrected chi connectivity index (χ0v) is 9.13. The summed E-state index contributed by atoms with van der Waals surface area (Å²) in [5.74, 6) is 0. The van der Waals surface area contributed by atoms with Crippen LogP contribution in [0.15, 0.2) is 0 Å². The lowest BCUT2D eigenvalue weighted by atomic mass is 9.90. The van der Waals surface area contributed by atoms with E-state index in [0.29, 0.717) is 0 Å². The van der Waals surface area contributed by atoms with Crippen LogP contribution in [0.25, 0.3) is 0 Å². The molecule has 1 unspecified atom stereocenters. The van der Waals surface area contributed by atoms with Gasteiger partial charge in [0.15, 0.2) is 0 Å². The Labute approximate surface area is 82.5 Å². The summed E-state index contributed by atoms with van der Waals surface area (Å²) >= 11 is 0. The fourth-order valence-electron chi connectivity index (χ4n) is 2.21. The predicted octanol–water partition coefficient (Wildman–Crippen LogP) is 1.99. The summed E-state index contributed by atoms with van der Waals surface area (Å²) in [4.78, 5) is 2.62. The normalized spacial score (nSPS) is 20.3. The summed E-state index contributed by atoms with van der Waals surface area (Å²) in [6.45, 7) is 6.51. The van der Waals surface area contributed by atoms with E-state index in [1.165, 1.54) is 32.1 Å². The van der Waals surface area contributed by atoms with Crippen LogP contribution in [0.1, 0.15) is 46.0 Å².